The van der Waals surface area contributed by atoms with Crippen molar-refractivity contribution in [2.45, 2.75) is 51.8 Å². The first-order valence-electron chi connectivity index (χ1n) is 13.9. The maximum absolute atomic E-state index is 13.4. The molecule has 6 rings (SSSR count). The van der Waals surface area contributed by atoms with Crippen molar-refractivity contribution in [2.24, 2.45) is 0 Å². The average Bonchev–Trinajstić information content (AvgIpc) is 3.32. The SMILES string of the molecule is CC(C)(C)OC(=O)N1CCc2cc(NC3CCN(c4ccc(-c5n[nH]c(=O)c6ccccc56)cc4)C3=O)ccc2C1. The Hall–Kier alpha value is -4.66. The summed E-state index contributed by atoms with van der Waals surface area (Å²) >= 11 is 0. The lowest BCUT2D eigenvalue weighted by Crippen LogP contribution is -2.40. The Balaban J connectivity index is 1.12. The summed E-state index contributed by atoms with van der Waals surface area (Å²) in [7, 11) is 0. The van der Waals surface area contributed by atoms with E-state index in [1.54, 1.807) is 15.9 Å². The fourth-order valence-electron chi connectivity index (χ4n) is 5.53. The van der Waals surface area contributed by atoms with Gasteiger partial charge in [-0.25, -0.2) is 9.89 Å². The van der Waals surface area contributed by atoms with E-state index in [1.807, 2.05) is 75.4 Å². The number of rotatable bonds is 4. The van der Waals surface area contributed by atoms with Crippen molar-refractivity contribution < 1.29 is 14.3 Å². The summed E-state index contributed by atoms with van der Waals surface area (Å²) in [4.78, 5) is 41.5. The fourth-order valence-corrected chi connectivity index (χ4v) is 5.53. The molecule has 0 radical (unpaired) electrons. The molecule has 0 bridgehead atoms. The number of amides is 2. The van der Waals surface area contributed by atoms with Crippen molar-refractivity contribution in [3.8, 4) is 11.3 Å². The molecule has 41 heavy (non-hydrogen) atoms. The molecule has 0 saturated carbocycles. The molecule has 3 aromatic carbocycles. The standard InChI is InChI=1S/C32H33N5O4/c1-32(2,3)41-31(40)36-16-14-21-18-23(11-8-22(21)19-36)33-27-15-17-37(30(27)39)24-12-9-20(10-13-24)28-25-6-4-5-7-26(25)29(38)35-34-28/h4-13,18,27,33H,14-17,19H2,1-3H3,(H,35,38). The molecule has 3 heterocycles. The minimum Gasteiger partial charge on any atom is -0.444 e. The molecular weight excluding hydrogens is 518 g/mol. The molecule has 2 N–H and O–H groups in total. The van der Waals surface area contributed by atoms with E-state index >= 15 is 0 Å². The molecule has 1 saturated heterocycles. The van der Waals surface area contributed by atoms with Gasteiger partial charge in [0.2, 0.25) is 5.91 Å². The average molecular weight is 552 g/mol. The van der Waals surface area contributed by atoms with Gasteiger partial charge in [0.15, 0.2) is 0 Å². The van der Waals surface area contributed by atoms with Gasteiger partial charge in [-0.1, -0.05) is 36.4 Å². The van der Waals surface area contributed by atoms with Crippen molar-refractivity contribution in [3.05, 3.63) is 88.2 Å². The van der Waals surface area contributed by atoms with E-state index in [0.717, 1.165) is 34.3 Å². The summed E-state index contributed by atoms with van der Waals surface area (Å²) in [5, 5.41) is 11.7. The molecule has 9 nitrogen and oxygen atoms in total. The molecule has 210 valence electrons. The maximum atomic E-state index is 13.4. The number of fused-ring (bicyclic) bond motifs is 2. The third-order valence-corrected chi connectivity index (χ3v) is 7.57. The number of nitrogens with zero attached hydrogens (tertiary/aromatic N) is 3. The maximum Gasteiger partial charge on any atom is 0.410 e. The minimum absolute atomic E-state index is 0.0270. The van der Waals surface area contributed by atoms with Gasteiger partial charge in [-0.3, -0.25) is 9.59 Å². The zero-order valence-electron chi connectivity index (χ0n) is 23.4. The van der Waals surface area contributed by atoms with Crippen LogP contribution in [0.5, 0.6) is 0 Å². The molecule has 2 aliphatic rings. The first-order chi connectivity index (χ1) is 19.7. The van der Waals surface area contributed by atoms with Crippen LogP contribution >= 0.6 is 0 Å². The van der Waals surface area contributed by atoms with E-state index in [1.165, 1.54) is 5.56 Å². The number of carbonyl (C=O) groups excluding carboxylic acids is 2. The van der Waals surface area contributed by atoms with Gasteiger partial charge in [0.25, 0.3) is 5.56 Å². The van der Waals surface area contributed by atoms with E-state index in [4.69, 9.17) is 4.74 Å². The number of carbonyl (C=O) groups is 2. The van der Waals surface area contributed by atoms with Crippen molar-refractivity contribution in [1.82, 2.24) is 15.1 Å². The Morgan fingerprint density at radius 3 is 2.49 bits per heavy atom. The van der Waals surface area contributed by atoms with Gasteiger partial charge < -0.3 is 19.9 Å². The largest absolute Gasteiger partial charge is 0.444 e. The number of aromatic nitrogens is 2. The number of nitrogens with one attached hydrogen (secondary N) is 2. The molecule has 2 amide bonds. The van der Waals surface area contributed by atoms with E-state index in [9.17, 15) is 14.4 Å². The number of ether oxygens (including phenoxy) is 1. The number of hydrogen-bond donors (Lipinski definition) is 2. The van der Waals surface area contributed by atoms with Gasteiger partial charge >= 0.3 is 6.09 Å². The quantitative estimate of drug-likeness (QED) is 0.365. The summed E-state index contributed by atoms with van der Waals surface area (Å²) in [6.07, 6.45) is 1.13. The first kappa shape index (κ1) is 26.6. The van der Waals surface area contributed by atoms with Crippen LogP contribution in [-0.2, 0) is 22.5 Å². The smallest absolute Gasteiger partial charge is 0.410 e. The Bertz CT molecular complexity index is 1690. The van der Waals surface area contributed by atoms with Gasteiger partial charge in [0.1, 0.15) is 11.6 Å². The second-order valence-corrected chi connectivity index (χ2v) is 11.6. The number of benzene rings is 3. The third-order valence-electron chi connectivity index (χ3n) is 7.57. The minimum atomic E-state index is -0.523. The van der Waals surface area contributed by atoms with Gasteiger partial charge in [0, 0.05) is 42.0 Å². The van der Waals surface area contributed by atoms with E-state index in [2.05, 4.69) is 21.6 Å². The summed E-state index contributed by atoms with van der Waals surface area (Å²) in [5.74, 6) is 0.0270. The van der Waals surface area contributed by atoms with E-state index in [0.29, 0.717) is 37.1 Å². The lowest BCUT2D eigenvalue weighted by molar-refractivity contribution is -0.117. The fraction of sp³-hybridized carbons (Fsp3) is 0.312. The predicted octanol–water partition coefficient (Wildman–Crippen LogP) is 5.10. The van der Waals surface area contributed by atoms with Crippen LogP contribution in [-0.4, -0.2) is 51.8 Å². The topological polar surface area (TPSA) is 108 Å². The highest BCUT2D eigenvalue weighted by atomic mass is 16.6. The summed E-state index contributed by atoms with van der Waals surface area (Å²) in [5.41, 5.74) is 4.81. The van der Waals surface area contributed by atoms with Crippen LogP contribution in [0.15, 0.2) is 71.5 Å². The highest BCUT2D eigenvalue weighted by molar-refractivity contribution is 6.01. The molecular formula is C32H33N5O4. The van der Waals surface area contributed by atoms with Crippen LogP contribution in [0, 0.1) is 0 Å². The second-order valence-electron chi connectivity index (χ2n) is 11.6. The van der Waals surface area contributed by atoms with Crippen molar-refractivity contribution in [3.63, 3.8) is 0 Å². The summed E-state index contributed by atoms with van der Waals surface area (Å²) in [6.45, 7) is 7.34. The van der Waals surface area contributed by atoms with Gasteiger partial charge in [-0.2, -0.15) is 5.10 Å². The second kappa shape index (κ2) is 10.4. The Morgan fingerprint density at radius 1 is 0.976 bits per heavy atom. The van der Waals surface area contributed by atoms with Crippen molar-refractivity contribution in [1.29, 1.82) is 0 Å². The number of aromatic amines is 1. The highest BCUT2D eigenvalue weighted by Crippen LogP contribution is 2.30. The molecule has 0 aliphatic carbocycles. The Kier molecular flexibility index (Phi) is 6.73. The van der Waals surface area contributed by atoms with Crippen molar-refractivity contribution >= 4 is 34.1 Å². The van der Waals surface area contributed by atoms with Crippen molar-refractivity contribution in [2.75, 3.05) is 23.3 Å². The van der Waals surface area contributed by atoms with E-state index in [-0.39, 0.29) is 23.6 Å². The highest BCUT2D eigenvalue weighted by Gasteiger charge is 2.33. The normalized spacial score (nSPS) is 17.0. The number of anilines is 2. The van der Waals surface area contributed by atoms with Crippen LogP contribution in [0.1, 0.15) is 38.3 Å². The zero-order valence-corrected chi connectivity index (χ0v) is 23.4. The molecule has 1 fully saturated rings. The molecule has 4 aromatic rings. The lowest BCUT2D eigenvalue weighted by atomic mass is 9.99. The molecule has 9 heteroatoms. The number of H-pyrrole nitrogens is 1. The van der Waals surface area contributed by atoms with Gasteiger partial charge in [-0.15, -0.1) is 0 Å². The Labute approximate surface area is 238 Å². The zero-order chi connectivity index (χ0) is 28.7. The predicted molar refractivity (Wildman–Crippen MR) is 159 cm³/mol. The van der Waals surface area contributed by atoms with Crippen LogP contribution in [0.2, 0.25) is 0 Å². The van der Waals surface area contributed by atoms with Crippen LogP contribution in [0.4, 0.5) is 16.2 Å². The Morgan fingerprint density at radius 2 is 1.73 bits per heavy atom. The number of hydrogen-bond acceptors (Lipinski definition) is 6. The van der Waals surface area contributed by atoms with Gasteiger partial charge in [0.05, 0.1) is 11.1 Å². The molecule has 2 aliphatic heterocycles. The molecule has 0 spiro atoms. The van der Waals surface area contributed by atoms with Crippen LogP contribution in [0.3, 0.4) is 0 Å². The summed E-state index contributed by atoms with van der Waals surface area (Å²) < 4.78 is 5.53. The molecule has 1 atom stereocenters. The third kappa shape index (κ3) is 5.39. The van der Waals surface area contributed by atoms with Crippen LogP contribution in [0.25, 0.3) is 22.0 Å². The van der Waals surface area contributed by atoms with Gasteiger partial charge in [-0.05, 0) is 75.1 Å². The first-order valence-corrected chi connectivity index (χ1v) is 13.9. The molecule has 1 aromatic heterocycles. The lowest BCUT2D eigenvalue weighted by Gasteiger charge is -2.31. The molecule has 1 unspecified atom stereocenters. The van der Waals surface area contributed by atoms with Crippen LogP contribution < -0.4 is 15.8 Å². The monoisotopic (exact) mass is 551 g/mol. The summed E-state index contributed by atoms with van der Waals surface area (Å²) in [6, 6.07) is 20.9. The van der Waals surface area contributed by atoms with E-state index < -0.39 is 5.60 Å².